The second kappa shape index (κ2) is 7.61. The molecule has 0 spiro atoms. The van der Waals surface area contributed by atoms with E-state index in [1.54, 1.807) is 26.2 Å². The smallest absolute Gasteiger partial charge is 0.345 e. The van der Waals surface area contributed by atoms with Gasteiger partial charge in [-0.1, -0.05) is 30.3 Å². The van der Waals surface area contributed by atoms with E-state index in [0.29, 0.717) is 0 Å². The van der Waals surface area contributed by atoms with E-state index in [2.05, 4.69) is 5.10 Å². The first-order valence-electron chi connectivity index (χ1n) is 7.54. The van der Waals surface area contributed by atoms with Gasteiger partial charge in [0.1, 0.15) is 0 Å². The first kappa shape index (κ1) is 18.2. The summed E-state index contributed by atoms with van der Waals surface area (Å²) < 4.78 is 6.94. The van der Waals surface area contributed by atoms with E-state index in [0.717, 1.165) is 10.1 Å². The van der Waals surface area contributed by atoms with Crippen LogP contribution in [0.2, 0.25) is 0 Å². The van der Waals surface area contributed by atoms with Crippen molar-refractivity contribution in [2.75, 3.05) is 21.2 Å². The molecule has 0 atom stereocenters. The molecule has 0 bridgehead atoms. The number of ether oxygens (including phenoxy) is 1. The fraction of sp³-hybridized carbons (Fsp3) is 0.294. The van der Waals surface area contributed by atoms with Crippen LogP contribution in [0, 0.1) is 0 Å². The third-order valence-electron chi connectivity index (χ3n) is 3.58. The topological polar surface area (TPSA) is 85.9 Å². The molecule has 8 nitrogen and oxygen atoms in total. The van der Waals surface area contributed by atoms with Gasteiger partial charge in [0, 0.05) is 21.1 Å². The van der Waals surface area contributed by atoms with Gasteiger partial charge < -0.3 is 9.75 Å². The van der Waals surface area contributed by atoms with Crippen molar-refractivity contribution >= 4 is 12.2 Å². The number of hydrazone groups is 1. The van der Waals surface area contributed by atoms with Crippen LogP contribution < -0.4 is 11.2 Å². The van der Waals surface area contributed by atoms with Gasteiger partial charge in [0.15, 0.2) is 5.56 Å². The van der Waals surface area contributed by atoms with Gasteiger partial charge in [0.2, 0.25) is 0 Å². The monoisotopic (exact) mass is 344 g/mol. The van der Waals surface area contributed by atoms with Crippen LogP contribution in [-0.2, 0) is 18.3 Å². The van der Waals surface area contributed by atoms with Crippen molar-refractivity contribution in [2.45, 2.75) is 6.54 Å². The summed E-state index contributed by atoms with van der Waals surface area (Å²) in [5.41, 5.74) is -0.612. The van der Waals surface area contributed by atoms with Crippen molar-refractivity contribution in [1.82, 2.24) is 14.1 Å². The molecular formula is C17H20N4O4. The molecule has 0 saturated heterocycles. The van der Waals surface area contributed by atoms with Gasteiger partial charge in [-0.3, -0.25) is 13.9 Å². The second-order valence-corrected chi connectivity index (χ2v) is 5.56. The quantitative estimate of drug-likeness (QED) is 0.442. The molecule has 0 unspecified atom stereocenters. The lowest BCUT2D eigenvalue weighted by atomic mass is 10.2. The normalized spacial score (nSPS) is 10.9. The summed E-state index contributed by atoms with van der Waals surface area (Å²) >= 11 is 0. The molecule has 132 valence electrons. The number of benzene rings is 1. The Bertz CT molecular complexity index is 911. The minimum atomic E-state index is -0.817. The molecule has 1 aromatic heterocycles. The summed E-state index contributed by atoms with van der Waals surface area (Å²) in [6.45, 7) is 0.0570. The predicted molar refractivity (Wildman–Crippen MR) is 94.1 cm³/mol. The zero-order valence-electron chi connectivity index (χ0n) is 14.6. The van der Waals surface area contributed by atoms with E-state index in [4.69, 9.17) is 4.74 Å². The zero-order chi connectivity index (χ0) is 18.6. The van der Waals surface area contributed by atoms with Gasteiger partial charge in [-0.05, 0) is 5.56 Å². The molecule has 2 rings (SSSR count). The number of carbonyl (C=O) groups excluding carboxylic acids is 1. The highest BCUT2D eigenvalue weighted by Gasteiger charge is 2.23. The largest absolute Gasteiger partial charge is 0.465 e. The Morgan fingerprint density at radius 3 is 2.44 bits per heavy atom. The highest BCUT2D eigenvalue weighted by atomic mass is 16.5. The maximum atomic E-state index is 12.8. The number of nitrogens with zero attached hydrogens (tertiary/aromatic N) is 4. The third-order valence-corrected chi connectivity index (χ3v) is 3.58. The highest BCUT2D eigenvalue weighted by Crippen LogP contribution is 2.04. The molecule has 0 fully saturated rings. The van der Waals surface area contributed by atoms with Gasteiger partial charge in [0.05, 0.1) is 25.6 Å². The minimum absolute atomic E-state index is 0.0570. The molecule has 0 N–H and O–H groups in total. The predicted octanol–water partition coefficient (Wildman–Crippen LogP) is 0.277. The van der Waals surface area contributed by atoms with E-state index in [9.17, 15) is 14.4 Å². The highest BCUT2D eigenvalue weighted by molar-refractivity contribution is 5.97. The molecule has 0 radical (unpaired) electrons. The maximum absolute atomic E-state index is 12.8. The third kappa shape index (κ3) is 3.85. The van der Waals surface area contributed by atoms with Gasteiger partial charge in [-0.15, -0.1) is 0 Å². The first-order chi connectivity index (χ1) is 11.9. The average molecular weight is 344 g/mol. The number of hydrogen-bond acceptors (Lipinski definition) is 6. The number of aromatic nitrogens is 2. The average Bonchev–Trinajstić information content (AvgIpc) is 2.60. The van der Waals surface area contributed by atoms with Crippen LogP contribution in [0.4, 0.5) is 0 Å². The van der Waals surface area contributed by atoms with E-state index >= 15 is 0 Å². The van der Waals surface area contributed by atoms with Crippen molar-refractivity contribution in [1.29, 1.82) is 0 Å². The van der Waals surface area contributed by atoms with Crippen molar-refractivity contribution in [2.24, 2.45) is 12.1 Å². The molecule has 1 heterocycles. The summed E-state index contributed by atoms with van der Waals surface area (Å²) in [6, 6.07) is 9.05. The van der Waals surface area contributed by atoms with E-state index in [-0.39, 0.29) is 17.8 Å². The van der Waals surface area contributed by atoms with Gasteiger partial charge in [-0.2, -0.15) is 5.10 Å². The molecule has 25 heavy (non-hydrogen) atoms. The second-order valence-electron chi connectivity index (χ2n) is 5.56. The number of carbonyl (C=O) groups is 1. The SMILES string of the molecule is COC(=O)c1c(C=NN(C)C)n(C)c(=O)n(Cc2ccccc2)c1=O. The summed E-state index contributed by atoms with van der Waals surface area (Å²) in [5.74, 6) is -0.817. The molecule has 8 heteroatoms. The summed E-state index contributed by atoms with van der Waals surface area (Å²) in [4.78, 5) is 37.5. The first-order valence-corrected chi connectivity index (χ1v) is 7.54. The van der Waals surface area contributed by atoms with Crippen LogP contribution >= 0.6 is 0 Å². The molecule has 0 aliphatic carbocycles. The summed E-state index contributed by atoms with van der Waals surface area (Å²) in [6.07, 6.45) is 1.29. The lowest BCUT2D eigenvalue weighted by Crippen LogP contribution is -2.44. The molecule has 2 aromatic rings. The van der Waals surface area contributed by atoms with Crippen molar-refractivity contribution in [3.8, 4) is 0 Å². The Labute approximate surface area is 144 Å². The summed E-state index contributed by atoms with van der Waals surface area (Å²) in [7, 11) is 6.03. The van der Waals surface area contributed by atoms with Crippen LogP contribution in [0.5, 0.6) is 0 Å². The Morgan fingerprint density at radius 2 is 1.88 bits per heavy atom. The lowest BCUT2D eigenvalue weighted by Gasteiger charge is -2.14. The number of hydrogen-bond donors (Lipinski definition) is 0. The fourth-order valence-electron chi connectivity index (χ4n) is 2.30. The number of rotatable bonds is 5. The van der Waals surface area contributed by atoms with Crippen molar-refractivity contribution in [3.63, 3.8) is 0 Å². The lowest BCUT2D eigenvalue weighted by molar-refractivity contribution is 0.0596. The summed E-state index contributed by atoms with van der Waals surface area (Å²) in [5, 5.41) is 5.51. The van der Waals surface area contributed by atoms with Crippen LogP contribution in [0.3, 0.4) is 0 Å². The standard InChI is InChI=1S/C17H20N4O4/c1-19(2)18-10-13-14(16(23)25-4)15(22)21(17(24)20(13)3)11-12-8-6-5-7-9-12/h5-10H,11H2,1-4H3. The zero-order valence-corrected chi connectivity index (χ0v) is 14.6. The van der Waals surface area contributed by atoms with E-state index < -0.39 is 17.2 Å². The Hall–Kier alpha value is -3.16. The van der Waals surface area contributed by atoms with Crippen LogP contribution in [0.1, 0.15) is 21.6 Å². The van der Waals surface area contributed by atoms with Crippen molar-refractivity contribution in [3.05, 3.63) is 68.0 Å². The van der Waals surface area contributed by atoms with Crippen LogP contribution in [0.25, 0.3) is 0 Å². The minimum Gasteiger partial charge on any atom is -0.465 e. The van der Waals surface area contributed by atoms with Gasteiger partial charge in [-0.25, -0.2) is 9.59 Å². The molecule has 0 amide bonds. The Morgan fingerprint density at radius 1 is 1.24 bits per heavy atom. The van der Waals surface area contributed by atoms with Gasteiger partial charge in [0.25, 0.3) is 5.56 Å². The number of esters is 1. The van der Waals surface area contributed by atoms with Gasteiger partial charge >= 0.3 is 11.7 Å². The molecular weight excluding hydrogens is 324 g/mol. The van der Waals surface area contributed by atoms with Crippen LogP contribution in [-0.4, -0.2) is 47.5 Å². The van der Waals surface area contributed by atoms with E-state index in [1.807, 2.05) is 18.2 Å². The molecule has 1 aromatic carbocycles. The maximum Gasteiger partial charge on any atom is 0.345 e. The fourth-order valence-corrected chi connectivity index (χ4v) is 2.30. The van der Waals surface area contributed by atoms with Crippen LogP contribution in [0.15, 0.2) is 45.0 Å². The number of methoxy groups -OCH3 is 1. The Balaban J connectivity index is 2.72. The Kier molecular flexibility index (Phi) is 5.53. The van der Waals surface area contributed by atoms with Crippen molar-refractivity contribution < 1.29 is 9.53 Å². The molecule has 0 saturated carbocycles. The molecule has 0 aliphatic rings. The molecule has 0 aliphatic heterocycles. The van der Waals surface area contributed by atoms with E-state index in [1.165, 1.54) is 29.9 Å².